The van der Waals surface area contributed by atoms with Gasteiger partial charge in [-0.25, -0.2) is 0 Å². The van der Waals surface area contributed by atoms with Gasteiger partial charge in [0.1, 0.15) is 0 Å². The number of carbonyl (C=O) groups is 1. The van der Waals surface area contributed by atoms with Gasteiger partial charge in [0.25, 0.3) is 0 Å². The Bertz CT molecular complexity index is 629. The maximum atomic E-state index is 12.2. The van der Waals surface area contributed by atoms with Gasteiger partial charge in [0, 0.05) is 21.8 Å². The van der Waals surface area contributed by atoms with Gasteiger partial charge in [-0.2, -0.15) is 0 Å². The van der Waals surface area contributed by atoms with Gasteiger partial charge in [0.05, 0.1) is 23.0 Å². The highest BCUT2D eigenvalue weighted by Crippen LogP contribution is 2.24. The summed E-state index contributed by atoms with van der Waals surface area (Å²) in [4.78, 5) is 15.0. The third kappa shape index (κ3) is 4.22. The highest BCUT2D eigenvalue weighted by atomic mass is 79.9. The monoisotopic (exact) mass is 391 g/mol. The highest BCUT2D eigenvalue weighted by Gasteiger charge is 2.12. The number of hydrogen-bond acceptors (Lipinski definition) is 2. The number of rotatable bonds is 4. The lowest BCUT2D eigenvalue weighted by molar-refractivity contribution is -0.129. The van der Waals surface area contributed by atoms with Crippen LogP contribution in [-0.2, 0) is 17.8 Å². The van der Waals surface area contributed by atoms with E-state index >= 15 is 0 Å². The van der Waals surface area contributed by atoms with Crippen LogP contribution < -0.4 is 0 Å². The normalized spacial score (nSPS) is 10.6. The molecular formula is C14H12BrCl2NOS. The Balaban J connectivity index is 1.98. The molecule has 1 heterocycles. The van der Waals surface area contributed by atoms with Crippen molar-refractivity contribution < 1.29 is 4.79 Å². The van der Waals surface area contributed by atoms with Crippen molar-refractivity contribution in [1.29, 1.82) is 0 Å². The molecule has 2 rings (SSSR count). The lowest BCUT2D eigenvalue weighted by Gasteiger charge is -2.16. The number of carbonyl (C=O) groups excluding carboxylic acids is 1. The molecule has 6 heteroatoms. The number of benzene rings is 1. The predicted molar refractivity (Wildman–Crippen MR) is 88.7 cm³/mol. The molecule has 0 atom stereocenters. The standard InChI is InChI=1S/C14H12BrCl2NOS/c1-18(7-11-6-10(15)8-20-11)14(19)5-9-2-3-12(16)13(17)4-9/h2-4,6,8H,5,7H2,1H3. The minimum Gasteiger partial charge on any atom is -0.340 e. The van der Waals surface area contributed by atoms with Gasteiger partial charge < -0.3 is 4.90 Å². The third-order valence-corrected chi connectivity index (χ3v) is 5.20. The van der Waals surface area contributed by atoms with Crippen LogP contribution in [0.15, 0.2) is 34.1 Å². The fraction of sp³-hybridized carbons (Fsp3) is 0.214. The number of hydrogen-bond donors (Lipinski definition) is 0. The SMILES string of the molecule is CN(Cc1cc(Br)cs1)C(=O)Cc1ccc(Cl)c(Cl)c1. The van der Waals surface area contributed by atoms with Crippen LogP contribution in [0.1, 0.15) is 10.4 Å². The summed E-state index contributed by atoms with van der Waals surface area (Å²) in [5.74, 6) is 0.0490. The molecule has 2 nitrogen and oxygen atoms in total. The van der Waals surface area contributed by atoms with Crippen molar-refractivity contribution in [3.05, 3.63) is 54.6 Å². The average molecular weight is 393 g/mol. The van der Waals surface area contributed by atoms with E-state index in [0.717, 1.165) is 14.9 Å². The van der Waals surface area contributed by atoms with Crippen molar-refractivity contribution in [2.24, 2.45) is 0 Å². The molecule has 0 fully saturated rings. The molecule has 1 aromatic carbocycles. The Kier molecular flexibility index (Phi) is 5.49. The number of likely N-dealkylation sites (N-methyl/N-ethyl adjacent to an activating group) is 1. The summed E-state index contributed by atoms with van der Waals surface area (Å²) in [6.45, 7) is 0.608. The van der Waals surface area contributed by atoms with Crippen molar-refractivity contribution in [3.8, 4) is 0 Å². The second kappa shape index (κ2) is 6.94. The first kappa shape index (κ1) is 15.8. The van der Waals surface area contributed by atoms with Crippen LogP contribution in [0.3, 0.4) is 0 Å². The number of amides is 1. The molecule has 1 amide bonds. The van der Waals surface area contributed by atoms with Crippen LogP contribution in [-0.4, -0.2) is 17.9 Å². The predicted octanol–water partition coefficient (Wildman–Crippen LogP) is 5.02. The molecule has 0 aliphatic rings. The second-order valence-corrected chi connectivity index (χ2v) is 7.13. The number of nitrogens with zero attached hydrogens (tertiary/aromatic N) is 1. The molecule has 1 aromatic heterocycles. The zero-order chi connectivity index (χ0) is 14.7. The van der Waals surface area contributed by atoms with Crippen LogP contribution >= 0.6 is 50.5 Å². The first-order valence-electron chi connectivity index (χ1n) is 5.86. The average Bonchev–Trinajstić information content (AvgIpc) is 2.79. The first-order chi connectivity index (χ1) is 9.45. The van der Waals surface area contributed by atoms with Crippen molar-refractivity contribution >= 4 is 56.4 Å². The largest absolute Gasteiger partial charge is 0.340 e. The zero-order valence-corrected chi connectivity index (χ0v) is 14.6. The van der Waals surface area contributed by atoms with Gasteiger partial charge in [0.2, 0.25) is 5.91 Å². The molecule has 2 aromatic rings. The van der Waals surface area contributed by atoms with E-state index in [0.29, 0.717) is 23.0 Å². The van der Waals surface area contributed by atoms with Crippen LogP contribution in [0.2, 0.25) is 10.0 Å². The highest BCUT2D eigenvalue weighted by molar-refractivity contribution is 9.10. The molecule has 0 bridgehead atoms. The summed E-state index contributed by atoms with van der Waals surface area (Å²) < 4.78 is 1.04. The van der Waals surface area contributed by atoms with E-state index < -0.39 is 0 Å². The fourth-order valence-corrected chi connectivity index (χ4v) is 3.54. The van der Waals surface area contributed by atoms with Crippen molar-refractivity contribution in [1.82, 2.24) is 4.90 Å². The van der Waals surface area contributed by atoms with Gasteiger partial charge in [-0.05, 0) is 39.7 Å². The Morgan fingerprint density at radius 1 is 1.30 bits per heavy atom. The molecule has 0 radical (unpaired) electrons. The molecular weight excluding hydrogens is 381 g/mol. The van der Waals surface area contributed by atoms with E-state index in [1.807, 2.05) is 17.5 Å². The number of halogens is 3. The van der Waals surface area contributed by atoms with Gasteiger partial charge in [-0.1, -0.05) is 29.3 Å². The van der Waals surface area contributed by atoms with Crippen LogP contribution in [0.5, 0.6) is 0 Å². The number of thiophene rings is 1. The molecule has 20 heavy (non-hydrogen) atoms. The van der Waals surface area contributed by atoms with Gasteiger partial charge in [-0.3, -0.25) is 4.79 Å². The molecule has 0 aliphatic heterocycles. The molecule has 0 unspecified atom stereocenters. The third-order valence-electron chi connectivity index (χ3n) is 2.78. The first-order valence-corrected chi connectivity index (χ1v) is 8.29. The van der Waals surface area contributed by atoms with Gasteiger partial charge >= 0.3 is 0 Å². The maximum Gasteiger partial charge on any atom is 0.227 e. The Labute approximate surface area is 140 Å². The van der Waals surface area contributed by atoms with E-state index in [9.17, 15) is 4.79 Å². The summed E-state index contributed by atoms with van der Waals surface area (Å²) in [6, 6.07) is 7.29. The lowest BCUT2D eigenvalue weighted by atomic mass is 10.1. The summed E-state index contributed by atoms with van der Waals surface area (Å²) in [5.41, 5.74) is 0.864. The quantitative estimate of drug-likeness (QED) is 0.715. The topological polar surface area (TPSA) is 20.3 Å². The zero-order valence-electron chi connectivity index (χ0n) is 10.7. The lowest BCUT2D eigenvalue weighted by Crippen LogP contribution is -2.27. The van der Waals surface area contributed by atoms with E-state index in [1.165, 1.54) is 0 Å². The molecule has 0 saturated heterocycles. The van der Waals surface area contributed by atoms with E-state index in [1.54, 1.807) is 35.4 Å². The summed E-state index contributed by atoms with van der Waals surface area (Å²) in [6.07, 6.45) is 0.319. The fourth-order valence-electron chi connectivity index (χ4n) is 1.72. The summed E-state index contributed by atoms with van der Waals surface area (Å²) >= 11 is 16.8. The molecule has 0 spiro atoms. The van der Waals surface area contributed by atoms with E-state index in [-0.39, 0.29) is 5.91 Å². The molecule has 0 aliphatic carbocycles. The van der Waals surface area contributed by atoms with Crippen LogP contribution in [0.25, 0.3) is 0 Å². The molecule has 0 saturated carbocycles. The summed E-state index contributed by atoms with van der Waals surface area (Å²) in [7, 11) is 1.80. The summed E-state index contributed by atoms with van der Waals surface area (Å²) in [5, 5.41) is 2.98. The Morgan fingerprint density at radius 2 is 2.05 bits per heavy atom. The van der Waals surface area contributed by atoms with E-state index in [4.69, 9.17) is 23.2 Å². The maximum absolute atomic E-state index is 12.2. The molecule has 106 valence electrons. The van der Waals surface area contributed by atoms with Crippen molar-refractivity contribution in [2.45, 2.75) is 13.0 Å². The van der Waals surface area contributed by atoms with Gasteiger partial charge in [0.15, 0.2) is 0 Å². The van der Waals surface area contributed by atoms with Gasteiger partial charge in [-0.15, -0.1) is 11.3 Å². The Hall–Kier alpha value is -0.550. The Morgan fingerprint density at radius 3 is 2.65 bits per heavy atom. The minimum absolute atomic E-state index is 0.0490. The van der Waals surface area contributed by atoms with Crippen molar-refractivity contribution in [3.63, 3.8) is 0 Å². The van der Waals surface area contributed by atoms with E-state index in [2.05, 4.69) is 15.9 Å². The van der Waals surface area contributed by atoms with Crippen LogP contribution in [0, 0.1) is 0 Å². The van der Waals surface area contributed by atoms with Crippen LogP contribution in [0.4, 0.5) is 0 Å². The smallest absolute Gasteiger partial charge is 0.227 e. The minimum atomic E-state index is 0.0490. The van der Waals surface area contributed by atoms with Crippen molar-refractivity contribution in [2.75, 3.05) is 7.05 Å². The molecule has 0 N–H and O–H groups in total. The second-order valence-electron chi connectivity index (χ2n) is 4.41.